The van der Waals surface area contributed by atoms with Crippen LogP contribution >= 0.6 is 0 Å². The van der Waals surface area contributed by atoms with Gasteiger partial charge in [-0.1, -0.05) is 152 Å². The molecule has 10 aromatic rings. The number of fused-ring (bicyclic) bond motifs is 6. The van der Waals surface area contributed by atoms with Crippen LogP contribution in [-0.4, -0.2) is 9.13 Å². The molecule has 2 aromatic heterocycles. The SMILES string of the molecule is [2H]c1c([2H])c([2H])c(-n2c3ccccc3c3cc(-n4c5ccccc5c5cc(C(c6ccccc6)(c6ccccc6)c6ccccc6)ccc54)ccc32)c([2H])c1[2H]. The number of hydrogen-bond donors (Lipinski definition) is 0. The maximum absolute atomic E-state index is 8.83. The summed E-state index contributed by atoms with van der Waals surface area (Å²) in [7, 11) is 0. The van der Waals surface area contributed by atoms with Gasteiger partial charge >= 0.3 is 0 Å². The van der Waals surface area contributed by atoms with Gasteiger partial charge in [0, 0.05) is 32.9 Å². The summed E-state index contributed by atoms with van der Waals surface area (Å²) in [5.74, 6) is 0. The van der Waals surface area contributed by atoms with Gasteiger partial charge in [0.25, 0.3) is 0 Å². The Morgan fingerprint density at radius 1 is 0.333 bits per heavy atom. The van der Waals surface area contributed by atoms with Gasteiger partial charge in [-0.25, -0.2) is 0 Å². The summed E-state index contributed by atoms with van der Waals surface area (Å²) in [6, 6.07) is 60.1. The highest BCUT2D eigenvalue weighted by molar-refractivity contribution is 6.12. The normalized spacial score (nSPS) is 13.3. The third-order valence-electron chi connectivity index (χ3n) is 10.4. The topological polar surface area (TPSA) is 9.86 Å². The summed E-state index contributed by atoms with van der Waals surface area (Å²) >= 11 is 0. The van der Waals surface area contributed by atoms with Gasteiger partial charge in [-0.2, -0.15) is 0 Å². The predicted octanol–water partition coefficient (Wildman–Crippen LogP) is 12.3. The zero-order valence-corrected chi connectivity index (χ0v) is 27.6. The van der Waals surface area contributed by atoms with Crippen LogP contribution in [0, 0.1) is 0 Å². The van der Waals surface area contributed by atoms with E-state index in [-0.39, 0.29) is 29.9 Å². The van der Waals surface area contributed by atoms with E-state index in [0.29, 0.717) is 0 Å². The minimum Gasteiger partial charge on any atom is -0.309 e. The van der Waals surface area contributed by atoms with Crippen molar-refractivity contribution in [1.29, 1.82) is 0 Å². The molecule has 0 aliphatic heterocycles. The maximum atomic E-state index is 8.83. The van der Waals surface area contributed by atoms with Crippen molar-refractivity contribution >= 4 is 43.6 Å². The van der Waals surface area contributed by atoms with Gasteiger partial charge in [0.2, 0.25) is 0 Å². The van der Waals surface area contributed by atoms with Crippen molar-refractivity contribution in [3.05, 3.63) is 228 Å². The molecule has 0 atom stereocenters. The molecule has 2 nitrogen and oxygen atoms in total. The summed E-state index contributed by atoms with van der Waals surface area (Å²) in [6.45, 7) is 0. The fraction of sp³-hybridized carbons (Fsp3) is 0.0204. The zero-order valence-electron chi connectivity index (χ0n) is 32.6. The van der Waals surface area contributed by atoms with Crippen molar-refractivity contribution in [2.24, 2.45) is 0 Å². The zero-order chi connectivity index (χ0) is 38.1. The first-order valence-electron chi connectivity index (χ1n) is 19.7. The van der Waals surface area contributed by atoms with Gasteiger partial charge in [-0.05, 0) is 76.8 Å². The Hall–Kier alpha value is -6.64. The van der Waals surface area contributed by atoms with Gasteiger partial charge in [-0.15, -0.1) is 0 Å². The number of hydrogen-bond acceptors (Lipinski definition) is 0. The van der Waals surface area contributed by atoms with E-state index in [4.69, 9.17) is 6.85 Å². The molecule has 0 aliphatic carbocycles. The van der Waals surface area contributed by atoms with Crippen LogP contribution in [0.3, 0.4) is 0 Å². The largest absolute Gasteiger partial charge is 0.309 e. The van der Waals surface area contributed by atoms with Crippen molar-refractivity contribution in [3.63, 3.8) is 0 Å². The van der Waals surface area contributed by atoms with Crippen LogP contribution in [0.2, 0.25) is 0 Å². The number of rotatable bonds is 6. The first-order chi connectivity index (χ1) is 27.4. The molecule has 2 heteroatoms. The Balaban J connectivity index is 1.25. The average Bonchev–Trinajstić information content (AvgIpc) is 3.76. The predicted molar refractivity (Wildman–Crippen MR) is 213 cm³/mol. The van der Waals surface area contributed by atoms with Crippen LogP contribution < -0.4 is 0 Å². The number of aromatic nitrogens is 2. The molecule has 0 aliphatic rings. The number of benzene rings is 8. The molecule has 0 saturated carbocycles. The fourth-order valence-electron chi connectivity index (χ4n) is 8.24. The van der Waals surface area contributed by atoms with Crippen molar-refractivity contribution in [2.75, 3.05) is 0 Å². The van der Waals surface area contributed by atoms with Crippen LogP contribution in [0.5, 0.6) is 0 Å². The average molecular weight is 656 g/mol. The molecule has 0 saturated heterocycles. The minimum absolute atomic E-state index is 0.137. The summed E-state index contributed by atoms with van der Waals surface area (Å²) < 4.78 is 46.8. The van der Waals surface area contributed by atoms with Gasteiger partial charge in [-0.3, -0.25) is 0 Å². The van der Waals surface area contributed by atoms with Crippen molar-refractivity contribution in [2.45, 2.75) is 5.41 Å². The van der Waals surface area contributed by atoms with E-state index < -0.39 is 11.5 Å². The van der Waals surface area contributed by atoms with Crippen LogP contribution in [0.4, 0.5) is 0 Å². The lowest BCUT2D eigenvalue weighted by Crippen LogP contribution is -2.30. The second-order valence-electron chi connectivity index (χ2n) is 13.0. The molecule has 0 N–H and O–H groups in total. The molecule has 0 amide bonds. The van der Waals surface area contributed by atoms with Gasteiger partial charge < -0.3 is 9.13 Å². The first-order valence-corrected chi connectivity index (χ1v) is 17.2. The molecular formula is C49H34N2. The maximum Gasteiger partial charge on any atom is 0.0701 e. The van der Waals surface area contributed by atoms with Gasteiger partial charge in [0.05, 0.1) is 34.3 Å². The Bertz CT molecular complexity index is 3010. The minimum atomic E-state index is -0.592. The molecule has 0 fully saturated rings. The lowest BCUT2D eigenvalue weighted by Gasteiger charge is -2.37. The van der Waals surface area contributed by atoms with E-state index >= 15 is 0 Å². The summed E-state index contributed by atoms with van der Waals surface area (Å²) in [6.07, 6.45) is 0. The van der Waals surface area contributed by atoms with E-state index in [1.165, 1.54) is 16.7 Å². The first kappa shape index (κ1) is 24.5. The molecule has 10 rings (SSSR count). The fourth-order valence-corrected chi connectivity index (χ4v) is 8.24. The molecule has 0 radical (unpaired) electrons. The highest BCUT2D eigenvalue weighted by Gasteiger charge is 2.38. The van der Waals surface area contributed by atoms with Crippen molar-refractivity contribution in [3.8, 4) is 11.4 Å². The van der Waals surface area contributed by atoms with Gasteiger partial charge in [0.1, 0.15) is 0 Å². The second-order valence-corrected chi connectivity index (χ2v) is 13.0. The van der Waals surface area contributed by atoms with Crippen LogP contribution in [0.25, 0.3) is 55.0 Å². The van der Waals surface area contributed by atoms with E-state index in [9.17, 15) is 0 Å². The quantitative estimate of drug-likeness (QED) is 0.158. The second kappa shape index (κ2) is 11.8. The molecule has 8 aromatic carbocycles. The van der Waals surface area contributed by atoms with Crippen LogP contribution in [0.1, 0.15) is 29.1 Å². The molecule has 0 unspecified atom stereocenters. The molecule has 2 heterocycles. The Labute approximate surface area is 304 Å². The van der Waals surface area contributed by atoms with Crippen molar-refractivity contribution in [1.82, 2.24) is 9.13 Å². The third-order valence-corrected chi connectivity index (χ3v) is 10.4. The summed E-state index contributed by atoms with van der Waals surface area (Å²) in [4.78, 5) is 0. The van der Waals surface area contributed by atoms with E-state index in [2.05, 4.69) is 150 Å². The molecule has 0 bridgehead atoms. The Morgan fingerprint density at radius 2 is 0.765 bits per heavy atom. The molecular weight excluding hydrogens is 617 g/mol. The summed E-state index contributed by atoms with van der Waals surface area (Å²) in [5, 5.41) is 4.11. The standard InChI is InChI=1S/C49H34N2/c1-5-17-35(18-6-1)49(36-19-7-2-8-20-36,37-21-9-3-10-22-37)38-29-31-47-43(33-38)41-25-13-16-28-46(41)51(47)40-30-32-48-44(34-40)42-26-14-15-27-45(42)50(48)39-23-11-4-12-24-39/h1-34H/i4D,11D,12D,23D,24D. The smallest absolute Gasteiger partial charge is 0.0701 e. The van der Waals surface area contributed by atoms with Crippen molar-refractivity contribution < 1.29 is 6.85 Å². The van der Waals surface area contributed by atoms with Gasteiger partial charge in [0.15, 0.2) is 0 Å². The molecule has 0 spiro atoms. The number of nitrogens with zero attached hydrogens (tertiary/aromatic N) is 2. The van der Waals surface area contributed by atoms with E-state index in [1.807, 2.05) is 34.9 Å². The van der Waals surface area contributed by atoms with E-state index in [1.54, 1.807) is 0 Å². The third kappa shape index (κ3) is 4.43. The highest BCUT2D eigenvalue weighted by atomic mass is 15.0. The lowest BCUT2D eigenvalue weighted by atomic mass is 9.65. The number of para-hydroxylation sites is 3. The van der Waals surface area contributed by atoms with Crippen LogP contribution in [-0.2, 0) is 5.41 Å². The Morgan fingerprint density at radius 3 is 1.31 bits per heavy atom. The lowest BCUT2D eigenvalue weighted by molar-refractivity contribution is 0.746. The molecule has 51 heavy (non-hydrogen) atoms. The van der Waals surface area contributed by atoms with Crippen LogP contribution in [0.15, 0.2) is 206 Å². The van der Waals surface area contributed by atoms with E-state index in [0.717, 1.165) is 54.9 Å². The monoisotopic (exact) mass is 655 g/mol. The highest BCUT2D eigenvalue weighted by Crippen LogP contribution is 2.47. The molecule has 240 valence electrons. The summed E-state index contributed by atoms with van der Waals surface area (Å²) in [5.41, 5.74) is 8.87. The Kier molecular flexibility index (Phi) is 5.64.